The van der Waals surface area contributed by atoms with Gasteiger partial charge in [-0.1, -0.05) is 5.16 Å². The molecule has 0 unspecified atom stereocenters. The summed E-state index contributed by atoms with van der Waals surface area (Å²) in [4.78, 5) is 12.1. The second-order valence-corrected chi connectivity index (χ2v) is 3.23. The summed E-state index contributed by atoms with van der Waals surface area (Å²) < 4.78 is 4.91. The largest absolute Gasteiger partial charge is 0.394 e. The predicted octanol–water partition coefficient (Wildman–Crippen LogP) is -0.173. The second-order valence-electron chi connectivity index (χ2n) is 3.23. The van der Waals surface area contributed by atoms with Gasteiger partial charge in [0.05, 0.1) is 6.61 Å². The molecule has 16 heavy (non-hydrogen) atoms. The van der Waals surface area contributed by atoms with Crippen LogP contribution in [0.25, 0.3) is 11.5 Å². The van der Waals surface area contributed by atoms with Crippen molar-refractivity contribution in [1.82, 2.24) is 20.1 Å². The molecule has 2 heterocycles. The quantitative estimate of drug-likeness (QED) is 0.739. The van der Waals surface area contributed by atoms with Crippen molar-refractivity contribution in [3.05, 3.63) is 24.0 Å². The normalized spacial score (nSPS) is 12.7. The number of aliphatic hydroxyl groups excluding tert-OH is 1. The Morgan fingerprint density at radius 3 is 3.00 bits per heavy atom. The summed E-state index contributed by atoms with van der Waals surface area (Å²) in [7, 11) is 0. The van der Waals surface area contributed by atoms with Crippen molar-refractivity contribution in [3.8, 4) is 11.5 Å². The van der Waals surface area contributed by atoms with Gasteiger partial charge >= 0.3 is 0 Å². The van der Waals surface area contributed by atoms with Gasteiger partial charge < -0.3 is 15.4 Å². The van der Waals surface area contributed by atoms with Gasteiger partial charge in [0.1, 0.15) is 17.6 Å². The zero-order chi connectivity index (χ0) is 11.5. The van der Waals surface area contributed by atoms with Crippen molar-refractivity contribution >= 4 is 0 Å². The maximum absolute atomic E-state index is 8.83. The van der Waals surface area contributed by atoms with Crippen LogP contribution < -0.4 is 5.73 Å². The van der Waals surface area contributed by atoms with Crippen molar-refractivity contribution in [2.45, 2.75) is 13.0 Å². The first-order valence-electron chi connectivity index (χ1n) is 4.71. The predicted molar refractivity (Wildman–Crippen MR) is 54.1 cm³/mol. The molecule has 0 aliphatic rings. The van der Waals surface area contributed by atoms with E-state index in [0.29, 0.717) is 17.3 Å². The van der Waals surface area contributed by atoms with Crippen molar-refractivity contribution in [2.75, 3.05) is 6.61 Å². The highest BCUT2D eigenvalue weighted by Crippen LogP contribution is 2.15. The number of nitrogens with two attached hydrogens (primary N) is 1. The van der Waals surface area contributed by atoms with Crippen molar-refractivity contribution in [2.24, 2.45) is 5.73 Å². The summed E-state index contributed by atoms with van der Waals surface area (Å²) in [6.07, 6.45) is 1.61. The minimum absolute atomic E-state index is 0.189. The van der Waals surface area contributed by atoms with Crippen LogP contribution in [0.3, 0.4) is 0 Å². The van der Waals surface area contributed by atoms with E-state index < -0.39 is 6.04 Å². The minimum Gasteiger partial charge on any atom is -0.394 e. The van der Waals surface area contributed by atoms with E-state index in [1.165, 1.54) is 0 Å². The molecule has 2 aromatic rings. The lowest BCUT2D eigenvalue weighted by Gasteiger charge is -1.98. The first kappa shape index (κ1) is 10.7. The summed E-state index contributed by atoms with van der Waals surface area (Å²) in [5.74, 6) is 1.15. The fraction of sp³-hybridized carbons (Fsp3) is 0.333. The maximum Gasteiger partial charge on any atom is 0.246 e. The van der Waals surface area contributed by atoms with E-state index in [-0.39, 0.29) is 12.5 Å². The van der Waals surface area contributed by atoms with E-state index in [1.54, 1.807) is 19.2 Å². The molecule has 2 rings (SSSR count). The Morgan fingerprint density at radius 1 is 1.50 bits per heavy atom. The first-order chi connectivity index (χ1) is 7.70. The summed E-state index contributed by atoms with van der Waals surface area (Å²) in [6.45, 7) is 1.52. The number of hydrogen-bond acceptors (Lipinski definition) is 7. The van der Waals surface area contributed by atoms with Crippen molar-refractivity contribution < 1.29 is 9.63 Å². The molecular weight excluding hydrogens is 210 g/mol. The molecular formula is C9H11N5O2. The average Bonchev–Trinajstić information content (AvgIpc) is 2.77. The Hall–Kier alpha value is -1.86. The standard InChI is InChI=1S/C9H11N5O2/c1-5-11-3-2-7(12-5)8-13-9(16-14-8)6(10)4-15/h2-3,6,15H,4,10H2,1H3/t6-/m1/s1. The SMILES string of the molecule is Cc1nccc(-c2noc([C@H](N)CO)n2)n1. The van der Waals surface area contributed by atoms with Crippen LogP contribution in [0.15, 0.2) is 16.8 Å². The van der Waals surface area contributed by atoms with Crippen molar-refractivity contribution in [3.63, 3.8) is 0 Å². The lowest BCUT2D eigenvalue weighted by molar-refractivity contribution is 0.237. The van der Waals surface area contributed by atoms with Gasteiger partial charge in [-0.3, -0.25) is 0 Å². The topological polar surface area (TPSA) is 111 Å². The molecule has 0 fully saturated rings. The van der Waals surface area contributed by atoms with E-state index in [4.69, 9.17) is 15.4 Å². The molecule has 0 spiro atoms. The molecule has 0 saturated carbocycles. The number of aromatic nitrogens is 4. The number of aryl methyl sites for hydroxylation is 1. The Morgan fingerprint density at radius 2 is 2.31 bits per heavy atom. The van der Waals surface area contributed by atoms with E-state index in [2.05, 4.69) is 20.1 Å². The third-order valence-corrected chi connectivity index (χ3v) is 1.96. The lowest BCUT2D eigenvalue weighted by atomic mass is 10.3. The molecule has 1 atom stereocenters. The van der Waals surface area contributed by atoms with E-state index >= 15 is 0 Å². The van der Waals surface area contributed by atoms with Gasteiger partial charge in [0, 0.05) is 6.20 Å². The highest BCUT2D eigenvalue weighted by atomic mass is 16.5. The summed E-state index contributed by atoms with van der Waals surface area (Å²) >= 11 is 0. The molecule has 0 radical (unpaired) electrons. The van der Waals surface area contributed by atoms with Gasteiger partial charge in [-0.2, -0.15) is 4.98 Å². The maximum atomic E-state index is 8.83. The van der Waals surface area contributed by atoms with Crippen LogP contribution in [-0.4, -0.2) is 31.8 Å². The van der Waals surface area contributed by atoms with Gasteiger partial charge in [-0.05, 0) is 13.0 Å². The van der Waals surface area contributed by atoms with Crippen LogP contribution in [0.4, 0.5) is 0 Å². The van der Waals surface area contributed by atoms with Gasteiger partial charge in [-0.15, -0.1) is 0 Å². The Balaban J connectivity index is 2.31. The highest BCUT2D eigenvalue weighted by Gasteiger charge is 2.15. The molecule has 0 aliphatic heterocycles. The third-order valence-electron chi connectivity index (χ3n) is 1.96. The van der Waals surface area contributed by atoms with E-state index in [1.807, 2.05) is 0 Å². The molecule has 0 bridgehead atoms. The Bertz CT molecular complexity index is 484. The van der Waals surface area contributed by atoms with Gasteiger partial charge in [0.15, 0.2) is 0 Å². The summed E-state index contributed by atoms with van der Waals surface area (Å²) in [5.41, 5.74) is 6.10. The smallest absolute Gasteiger partial charge is 0.246 e. The molecule has 0 aliphatic carbocycles. The van der Waals surface area contributed by atoms with Gasteiger partial charge in [-0.25, -0.2) is 9.97 Å². The summed E-state index contributed by atoms with van der Waals surface area (Å²) in [5, 5.41) is 12.6. The molecule has 7 heteroatoms. The fourth-order valence-corrected chi connectivity index (χ4v) is 1.15. The van der Waals surface area contributed by atoms with Crippen LogP contribution in [0.5, 0.6) is 0 Å². The zero-order valence-electron chi connectivity index (χ0n) is 8.66. The molecule has 3 N–H and O–H groups in total. The molecule has 84 valence electrons. The fourth-order valence-electron chi connectivity index (χ4n) is 1.15. The molecule has 0 amide bonds. The van der Waals surface area contributed by atoms with Crippen LogP contribution >= 0.6 is 0 Å². The van der Waals surface area contributed by atoms with Crippen LogP contribution in [0.1, 0.15) is 17.8 Å². The highest BCUT2D eigenvalue weighted by molar-refractivity contribution is 5.46. The van der Waals surface area contributed by atoms with E-state index in [9.17, 15) is 0 Å². The van der Waals surface area contributed by atoms with E-state index in [0.717, 1.165) is 0 Å². The van der Waals surface area contributed by atoms with Gasteiger partial charge in [0.2, 0.25) is 11.7 Å². The van der Waals surface area contributed by atoms with Crippen molar-refractivity contribution in [1.29, 1.82) is 0 Å². The lowest BCUT2D eigenvalue weighted by Crippen LogP contribution is -2.14. The van der Waals surface area contributed by atoms with Crippen LogP contribution in [-0.2, 0) is 0 Å². The minimum atomic E-state index is -0.663. The monoisotopic (exact) mass is 221 g/mol. The van der Waals surface area contributed by atoms with Gasteiger partial charge in [0.25, 0.3) is 0 Å². The Labute approximate surface area is 91.3 Å². The average molecular weight is 221 g/mol. The molecule has 2 aromatic heterocycles. The number of aliphatic hydroxyl groups is 1. The van der Waals surface area contributed by atoms with Crippen LogP contribution in [0, 0.1) is 6.92 Å². The number of rotatable bonds is 3. The van der Waals surface area contributed by atoms with Crippen LogP contribution in [0.2, 0.25) is 0 Å². The molecule has 0 aromatic carbocycles. The second kappa shape index (κ2) is 4.33. The molecule has 0 saturated heterocycles. The first-order valence-corrected chi connectivity index (χ1v) is 4.71. The Kier molecular flexibility index (Phi) is 2.88. The third kappa shape index (κ3) is 2.05. The number of nitrogens with zero attached hydrogens (tertiary/aromatic N) is 4. The summed E-state index contributed by atoms with van der Waals surface area (Å²) in [6, 6.07) is 1.01. The number of hydrogen-bond donors (Lipinski definition) is 2. The molecule has 7 nitrogen and oxygen atoms in total. The zero-order valence-corrected chi connectivity index (χ0v) is 8.66.